The number of rotatable bonds is 5. The predicted octanol–water partition coefficient (Wildman–Crippen LogP) is 3.15. The van der Waals surface area contributed by atoms with Crippen LogP contribution in [0, 0.1) is 11.8 Å². The number of hydrogen-bond acceptors (Lipinski definition) is 2. The molecule has 2 aliphatic rings. The van der Waals surface area contributed by atoms with Gasteiger partial charge in [0.1, 0.15) is 0 Å². The molecule has 102 valence electrons. The van der Waals surface area contributed by atoms with Crippen molar-refractivity contribution in [2.75, 3.05) is 0 Å². The second kappa shape index (κ2) is 5.10. The van der Waals surface area contributed by atoms with E-state index in [0.717, 1.165) is 24.7 Å². The quantitative estimate of drug-likeness (QED) is 0.482. The Hall–Kier alpha value is -1.12. The number of nitrogens with two attached hydrogens (primary N) is 1. The van der Waals surface area contributed by atoms with Crippen LogP contribution in [0.1, 0.15) is 43.2 Å². The molecule has 1 aromatic carbocycles. The molecule has 0 aromatic heterocycles. The summed E-state index contributed by atoms with van der Waals surface area (Å²) in [5.74, 6) is 8.07. The van der Waals surface area contributed by atoms with Crippen LogP contribution in [0.3, 0.4) is 0 Å². The van der Waals surface area contributed by atoms with Crippen molar-refractivity contribution in [2.24, 2.45) is 17.7 Å². The maximum atomic E-state index is 5.80. The van der Waals surface area contributed by atoms with Crippen LogP contribution in [-0.4, -0.2) is 6.04 Å². The van der Waals surface area contributed by atoms with Crippen LogP contribution in [0.15, 0.2) is 36.4 Å². The molecule has 1 aromatic rings. The molecule has 0 aliphatic heterocycles. The average molecular weight is 256 g/mol. The lowest BCUT2D eigenvalue weighted by Gasteiger charge is -2.17. The van der Waals surface area contributed by atoms with Crippen molar-refractivity contribution in [3.05, 3.63) is 47.5 Å². The number of hydrogen-bond donors (Lipinski definition) is 2. The van der Waals surface area contributed by atoms with Crippen molar-refractivity contribution >= 4 is 0 Å². The summed E-state index contributed by atoms with van der Waals surface area (Å²) in [5, 5.41) is 0. The molecule has 3 rings (SSSR count). The monoisotopic (exact) mass is 256 g/mol. The summed E-state index contributed by atoms with van der Waals surface area (Å²) in [6, 6.07) is 9.33. The number of aryl methyl sites for hydroxylation is 1. The molecule has 19 heavy (non-hydrogen) atoms. The zero-order valence-electron chi connectivity index (χ0n) is 11.7. The molecule has 1 fully saturated rings. The Morgan fingerprint density at radius 1 is 1.47 bits per heavy atom. The summed E-state index contributed by atoms with van der Waals surface area (Å²) in [6.45, 7) is 6.31. The standard InChI is InChI=1S/C17H24N2/c1-3-11(2)10-15(19-18)17-14-9-8-12-6-4-5-7-13(12)16(14)17/h4-7,14-17,19H,2-3,8-10,18H2,1H3. The molecule has 2 aliphatic carbocycles. The predicted molar refractivity (Wildman–Crippen MR) is 79.6 cm³/mol. The van der Waals surface area contributed by atoms with E-state index in [4.69, 9.17) is 5.84 Å². The van der Waals surface area contributed by atoms with Gasteiger partial charge in [0, 0.05) is 6.04 Å². The molecular formula is C17H24N2. The van der Waals surface area contributed by atoms with Crippen LogP contribution in [0.2, 0.25) is 0 Å². The van der Waals surface area contributed by atoms with Crippen LogP contribution in [0.4, 0.5) is 0 Å². The van der Waals surface area contributed by atoms with Crippen LogP contribution in [0.25, 0.3) is 0 Å². The minimum Gasteiger partial charge on any atom is -0.271 e. The summed E-state index contributed by atoms with van der Waals surface area (Å²) in [6.07, 6.45) is 4.63. The molecule has 0 spiro atoms. The SMILES string of the molecule is C=C(CC)CC(NN)C1C2CCc3ccccc3C21. The lowest BCUT2D eigenvalue weighted by Crippen LogP contribution is -2.37. The highest BCUT2D eigenvalue weighted by atomic mass is 15.2. The molecule has 3 N–H and O–H groups in total. The summed E-state index contributed by atoms with van der Waals surface area (Å²) in [7, 11) is 0. The highest BCUT2D eigenvalue weighted by molar-refractivity contribution is 5.40. The van der Waals surface area contributed by atoms with Gasteiger partial charge in [0.15, 0.2) is 0 Å². The van der Waals surface area contributed by atoms with Gasteiger partial charge in [-0.15, -0.1) is 0 Å². The Kier molecular flexibility index (Phi) is 3.46. The van der Waals surface area contributed by atoms with Crippen molar-refractivity contribution in [1.29, 1.82) is 0 Å². The van der Waals surface area contributed by atoms with E-state index < -0.39 is 0 Å². The second-order valence-corrected chi connectivity index (χ2v) is 6.09. The molecular weight excluding hydrogens is 232 g/mol. The molecule has 0 bridgehead atoms. The summed E-state index contributed by atoms with van der Waals surface area (Å²) >= 11 is 0. The lowest BCUT2D eigenvalue weighted by atomic mass is 9.92. The summed E-state index contributed by atoms with van der Waals surface area (Å²) in [5.41, 5.74) is 7.49. The first-order valence-electron chi connectivity index (χ1n) is 7.46. The van der Waals surface area contributed by atoms with E-state index in [1.807, 2.05) is 0 Å². The first kappa shape index (κ1) is 12.9. The van der Waals surface area contributed by atoms with Crippen LogP contribution >= 0.6 is 0 Å². The third kappa shape index (κ3) is 2.24. The zero-order valence-corrected chi connectivity index (χ0v) is 11.7. The molecule has 2 nitrogen and oxygen atoms in total. The maximum absolute atomic E-state index is 5.80. The number of nitrogens with one attached hydrogen (secondary N) is 1. The maximum Gasteiger partial charge on any atom is 0.0284 e. The summed E-state index contributed by atoms with van der Waals surface area (Å²) in [4.78, 5) is 0. The van der Waals surface area contributed by atoms with Crippen molar-refractivity contribution in [3.8, 4) is 0 Å². The Labute approximate surface area is 116 Å². The van der Waals surface area contributed by atoms with E-state index in [2.05, 4.69) is 43.2 Å². The highest BCUT2D eigenvalue weighted by Gasteiger charge is 2.55. The molecule has 4 atom stereocenters. The number of fused-ring (bicyclic) bond motifs is 3. The Balaban J connectivity index is 1.77. The number of hydrazine groups is 1. The third-order valence-corrected chi connectivity index (χ3v) is 5.08. The Morgan fingerprint density at radius 2 is 2.26 bits per heavy atom. The van der Waals surface area contributed by atoms with E-state index >= 15 is 0 Å². The normalized spacial score (nSPS) is 29.3. The molecule has 0 heterocycles. The van der Waals surface area contributed by atoms with Gasteiger partial charge >= 0.3 is 0 Å². The van der Waals surface area contributed by atoms with Crippen molar-refractivity contribution in [3.63, 3.8) is 0 Å². The molecule has 1 saturated carbocycles. The van der Waals surface area contributed by atoms with Gasteiger partial charge in [0.25, 0.3) is 0 Å². The van der Waals surface area contributed by atoms with E-state index in [1.54, 1.807) is 11.1 Å². The van der Waals surface area contributed by atoms with E-state index in [1.165, 1.54) is 18.4 Å². The van der Waals surface area contributed by atoms with Gasteiger partial charge in [-0.25, -0.2) is 0 Å². The minimum absolute atomic E-state index is 0.397. The molecule has 0 radical (unpaired) electrons. The fourth-order valence-corrected chi connectivity index (χ4v) is 3.93. The number of benzene rings is 1. The van der Waals surface area contributed by atoms with Gasteiger partial charge in [-0.1, -0.05) is 43.3 Å². The first-order valence-corrected chi connectivity index (χ1v) is 7.46. The fraction of sp³-hybridized carbons (Fsp3) is 0.529. The van der Waals surface area contributed by atoms with Crippen molar-refractivity contribution in [1.82, 2.24) is 5.43 Å². The smallest absolute Gasteiger partial charge is 0.0284 e. The molecule has 2 heteroatoms. The minimum atomic E-state index is 0.397. The van der Waals surface area contributed by atoms with Gasteiger partial charge in [-0.2, -0.15) is 0 Å². The highest BCUT2D eigenvalue weighted by Crippen LogP contribution is 2.61. The zero-order chi connectivity index (χ0) is 13.4. The van der Waals surface area contributed by atoms with E-state index in [0.29, 0.717) is 12.0 Å². The van der Waals surface area contributed by atoms with Gasteiger partial charge in [-0.3, -0.25) is 11.3 Å². The molecule has 4 unspecified atom stereocenters. The first-order chi connectivity index (χ1) is 9.26. The van der Waals surface area contributed by atoms with Gasteiger partial charge in [0.05, 0.1) is 0 Å². The largest absolute Gasteiger partial charge is 0.271 e. The van der Waals surface area contributed by atoms with Gasteiger partial charge in [0.2, 0.25) is 0 Å². The third-order valence-electron chi connectivity index (χ3n) is 5.08. The van der Waals surface area contributed by atoms with Crippen LogP contribution < -0.4 is 11.3 Å². The second-order valence-electron chi connectivity index (χ2n) is 6.09. The Morgan fingerprint density at radius 3 is 3.00 bits per heavy atom. The summed E-state index contributed by atoms with van der Waals surface area (Å²) < 4.78 is 0. The van der Waals surface area contributed by atoms with E-state index in [9.17, 15) is 0 Å². The van der Waals surface area contributed by atoms with E-state index in [-0.39, 0.29) is 0 Å². The molecule has 0 saturated heterocycles. The molecule has 0 amide bonds. The van der Waals surface area contributed by atoms with Crippen molar-refractivity contribution < 1.29 is 0 Å². The van der Waals surface area contributed by atoms with Gasteiger partial charge < -0.3 is 0 Å². The Bertz CT molecular complexity index is 480. The van der Waals surface area contributed by atoms with Gasteiger partial charge in [-0.05, 0) is 54.6 Å². The van der Waals surface area contributed by atoms with Crippen LogP contribution in [0.5, 0.6) is 0 Å². The topological polar surface area (TPSA) is 38.0 Å². The fourth-order valence-electron chi connectivity index (χ4n) is 3.93. The average Bonchev–Trinajstić information content (AvgIpc) is 3.19. The van der Waals surface area contributed by atoms with Crippen molar-refractivity contribution in [2.45, 2.75) is 44.6 Å². The lowest BCUT2D eigenvalue weighted by molar-refractivity contribution is 0.437. The van der Waals surface area contributed by atoms with Crippen LogP contribution in [-0.2, 0) is 6.42 Å².